The van der Waals surface area contributed by atoms with Crippen molar-refractivity contribution in [3.8, 4) is 0 Å². The van der Waals surface area contributed by atoms with Crippen LogP contribution in [0.25, 0.3) is 0 Å². The second-order valence-corrected chi connectivity index (χ2v) is 6.17. The molecule has 0 saturated heterocycles. The summed E-state index contributed by atoms with van der Waals surface area (Å²) in [6.07, 6.45) is 5.59. The molecule has 0 fully saturated rings. The normalized spacial score (nSPS) is 15.0. The molecule has 0 bridgehead atoms. The van der Waals surface area contributed by atoms with Gasteiger partial charge >= 0.3 is 0 Å². The van der Waals surface area contributed by atoms with Gasteiger partial charge in [0.05, 0.1) is 18.4 Å². The maximum absolute atomic E-state index is 6.14. The number of allylic oxidation sites excluding steroid dienone is 4. The molecule has 5 N–H and O–H groups in total. The summed E-state index contributed by atoms with van der Waals surface area (Å²) in [5.74, 6) is 13.1. The smallest absolute Gasteiger partial charge is 0.227 e. The van der Waals surface area contributed by atoms with E-state index in [1.807, 2.05) is 50.3 Å². The van der Waals surface area contributed by atoms with Crippen LogP contribution in [0.4, 0.5) is 0 Å². The van der Waals surface area contributed by atoms with E-state index in [9.17, 15) is 0 Å². The van der Waals surface area contributed by atoms with Crippen LogP contribution in [0.2, 0.25) is 5.02 Å². The highest BCUT2D eigenvalue weighted by Gasteiger charge is 2.16. The molecule has 0 aromatic heterocycles. The molecule has 1 aromatic carbocycles. The number of nitrogens with two attached hydrogens (primary N) is 2. The molecule has 0 radical (unpaired) electrons. The van der Waals surface area contributed by atoms with Gasteiger partial charge in [-0.25, -0.2) is 16.7 Å². The Balaban J connectivity index is 2.04. The maximum Gasteiger partial charge on any atom is 0.227 e. The number of hydrazine groups is 2. The molecule has 2 rings (SSSR count). The average Bonchev–Trinajstić information content (AvgIpc) is 2.57. The molecule has 130 valence electrons. The Hall–Kier alpha value is -2.02. The number of halogens is 1. The van der Waals surface area contributed by atoms with Crippen LogP contribution < -0.4 is 17.1 Å². The van der Waals surface area contributed by atoms with Crippen molar-refractivity contribution >= 4 is 17.6 Å². The molecule has 7 heteroatoms. The summed E-state index contributed by atoms with van der Waals surface area (Å²) in [6, 6.07) is 7.48. The highest BCUT2D eigenvalue weighted by Crippen LogP contribution is 2.21. The number of aliphatic imine (C=N–C) groups is 1. The maximum atomic E-state index is 6.14. The van der Waals surface area contributed by atoms with Crippen LogP contribution in [-0.2, 0) is 11.3 Å². The number of nitrogens with one attached hydrogen (secondary N) is 1. The Morgan fingerprint density at radius 1 is 1.29 bits per heavy atom. The summed E-state index contributed by atoms with van der Waals surface area (Å²) in [5.41, 5.74) is 4.49. The van der Waals surface area contributed by atoms with Gasteiger partial charge in [-0.2, -0.15) is 0 Å². The molecule has 0 unspecified atom stereocenters. The first-order chi connectivity index (χ1) is 11.5. The van der Waals surface area contributed by atoms with Crippen LogP contribution in [0, 0.1) is 0 Å². The fourth-order valence-corrected chi connectivity index (χ4v) is 2.42. The molecular formula is C17H24ClN5O. The lowest BCUT2D eigenvalue weighted by atomic mass is 10.1. The molecule has 0 spiro atoms. The van der Waals surface area contributed by atoms with E-state index >= 15 is 0 Å². The first-order valence-corrected chi connectivity index (χ1v) is 8.24. The molecule has 0 atom stereocenters. The van der Waals surface area contributed by atoms with Crippen molar-refractivity contribution in [1.29, 1.82) is 0 Å². The lowest BCUT2D eigenvalue weighted by Crippen LogP contribution is -2.48. The first kappa shape index (κ1) is 18.3. The summed E-state index contributed by atoms with van der Waals surface area (Å²) in [7, 11) is 0. The molecule has 1 aliphatic carbocycles. The predicted molar refractivity (Wildman–Crippen MR) is 97.6 cm³/mol. The summed E-state index contributed by atoms with van der Waals surface area (Å²) in [6.45, 7) is 4.47. The molecule has 0 heterocycles. The summed E-state index contributed by atoms with van der Waals surface area (Å²) in [4.78, 5) is 4.43. The third kappa shape index (κ3) is 5.26. The number of rotatable bonds is 5. The number of guanidine groups is 1. The first-order valence-electron chi connectivity index (χ1n) is 7.86. The minimum absolute atomic E-state index is 0.169. The third-order valence-electron chi connectivity index (χ3n) is 3.47. The van der Waals surface area contributed by atoms with Crippen LogP contribution in [-0.4, -0.2) is 17.1 Å². The second kappa shape index (κ2) is 8.73. The van der Waals surface area contributed by atoms with Crippen molar-refractivity contribution in [1.82, 2.24) is 10.4 Å². The molecular weight excluding hydrogens is 326 g/mol. The van der Waals surface area contributed by atoms with Crippen molar-refractivity contribution in [2.24, 2.45) is 16.7 Å². The monoisotopic (exact) mass is 349 g/mol. The summed E-state index contributed by atoms with van der Waals surface area (Å²) < 4.78 is 5.70. The molecule has 1 aromatic rings. The Labute approximate surface area is 147 Å². The number of nitrogens with zero attached hydrogens (tertiary/aromatic N) is 2. The van der Waals surface area contributed by atoms with Crippen LogP contribution in [0.3, 0.4) is 0 Å². The highest BCUT2D eigenvalue weighted by molar-refractivity contribution is 6.30. The van der Waals surface area contributed by atoms with E-state index in [-0.39, 0.29) is 6.10 Å². The van der Waals surface area contributed by atoms with Gasteiger partial charge < -0.3 is 4.74 Å². The Morgan fingerprint density at radius 3 is 2.54 bits per heavy atom. The van der Waals surface area contributed by atoms with Crippen molar-refractivity contribution in [2.45, 2.75) is 39.3 Å². The van der Waals surface area contributed by atoms with Crippen molar-refractivity contribution < 1.29 is 4.74 Å². The van der Waals surface area contributed by atoms with Crippen LogP contribution in [0.1, 0.15) is 32.3 Å². The summed E-state index contributed by atoms with van der Waals surface area (Å²) >= 11 is 5.88. The molecule has 0 saturated carbocycles. The van der Waals surface area contributed by atoms with Gasteiger partial charge in [0.1, 0.15) is 0 Å². The van der Waals surface area contributed by atoms with E-state index < -0.39 is 0 Å². The molecule has 6 nitrogen and oxygen atoms in total. The summed E-state index contributed by atoms with van der Waals surface area (Å²) in [5, 5.41) is 2.16. The Bertz CT molecular complexity index is 637. The Morgan fingerprint density at radius 2 is 2.00 bits per heavy atom. The minimum atomic E-state index is 0.169. The van der Waals surface area contributed by atoms with E-state index in [1.165, 1.54) is 5.01 Å². The highest BCUT2D eigenvalue weighted by atomic mass is 35.5. The van der Waals surface area contributed by atoms with Gasteiger partial charge in [0.15, 0.2) is 0 Å². The fraction of sp³-hybridized carbons (Fsp3) is 0.353. The zero-order valence-electron chi connectivity index (χ0n) is 14.0. The zero-order chi connectivity index (χ0) is 17.5. The third-order valence-corrected chi connectivity index (χ3v) is 3.72. The van der Waals surface area contributed by atoms with Crippen molar-refractivity contribution in [2.75, 3.05) is 0 Å². The predicted octanol–water partition coefficient (Wildman–Crippen LogP) is 2.82. The molecule has 0 aliphatic heterocycles. The van der Waals surface area contributed by atoms with Crippen molar-refractivity contribution in [3.05, 3.63) is 58.5 Å². The average molecular weight is 350 g/mol. The minimum Gasteiger partial charge on any atom is -0.495 e. The molecule has 24 heavy (non-hydrogen) atoms. The largest absolute Gasteiger partial charge is 0.495 e. The SMILES string of the molecule is CC(C)OC1=CC=C(N(N)C(=NCc2ccc(Cl)cc2)NN)CC1. The number of benzene rings is 1. The van der Waals surface area contributed by atoms with E-state index in [0.29, 0.717) is 17.5 Å². The standard InChI is InChI=1S/C17H24ClN5O/c1-12(2)24-16-9-7-15(8-10-16)23(20)17(22-19)21-11-13-3-5-14(18)6-4-13/h3-7,9,12H,8,10-11,19-20H2,1-2H3,(H,21,22). The van der Waals surface area contributed by atoms with Gasteiger partial charge in [0.25, 0.3) is 0 Å². The van der Waals surface area contributed by atoms with Crippen LogP contribution in [0.5, 0.6) is 0 Å². The quantitative estimate of drug-likeness (QED) is 0.329. The number of hydrogen-bond acceptors (Lipinski definition) is 4. The van der Waals surface area contributed by atoms with Gasteiger partial charge in [-0.15, -0.1) is 0 Å². The van der Waals surface area contributed by atoms with Gasteiger partial charge in [-0.05, 0) is 50.1 Å². The fourth-order valence-electron chi connectivity index (χ4n) is 2.29. The molecule has 1 aliphatic rings. The zero-order valence-corrected chi connectivity index (χ0v) is 14.8. The van der Waals surface area contributed by atoms with E-state index in [4.69, 9.17) is 28.0 Å². The van der Waals surface area contributed by atoms with E-state index in [0.717, 1.165) is 29.9 Å². The lowest BCUT2D eigenvalue weighted by molar-refractivity contribution is 0.138. The van der Waals surface area contributed by atoms with E-state index in [1.54, 1.807) is 0 Å². The number of hydrogen-bond donors (Lipinski definition) is 3. The van der Waals surface area contributed by atoms with Gasteiger partial charge in [-0.3, -0.25) is 10.4 Å². The topological polar surface area (TPSA) is 88.9 Å². The second-order valence-electron chi connectivity index (χ2n) is 5.74. The van der Waals surface area contributed by atoms with Gasteiger partial charge in [0, 0.05) is 17.1 Å². The van der Waals surface area contributed by atoms with Gasteiger partial charge in [0.2, 0.25) is 5.96 Å². The van der Waals surface area contributed by atoms with Gasteiger partial charge in [-0.1, -0.05) is 23.7 Å². The van der Waals surface area contributed by atoms with Crippen molar-refractivity contribution in [3.63, 3.8) is 0 Å². The Kier molecular flexibility index (Phi) is 6.66. The van der Waals surface area contributed by atoms with Crippen LogP contribution in [0.15, 0.2) is 52.9 Å². The van der Waals surface area contributed by atoms with Crippen LogP contribution >= 0.6 is 11.6 Å². The lowest BCUT2D eigenvalue weighted by Gasteiger charge is -2.25. The number of ether oxygens (including phenoxy) is 1. The van der Waals surface area contributed by atoms with E-state index in [2.05, 4.69) is 10.4 Å². The molecule has 0 amide bonds.